The molecule has 1 amide bonds. The van der Waals surface area contributed by atoms with Gasteiger partial charge in [0, 0.05) is 17.7 Å². The van der Waals surface area contributed by atoms with E-state index >= 15 is 0 Å². The van der Waals surface area contributed by atoms with Crippen LogP contribution in [0.1, 0.15) is 47.8 Å². The number of benzene rings is 3. The number of hydrogen-bond donors (Lipinski definition) is 1. The Bertz CT molecular complexity index is 973. The van der Waals surface area contributed by atoms with E-state index in [0.717, 1.165) is 16.9 Å². The lowest BCUT2D eigenvalue weighted by molar-refractivity contribution is 0.0950. The Kier molecular flexibility index (Phi) is 6.78. The zero-order valence-corrected chi connectivity index (χ0v) is 18.1. The summed E-state index contributed by atoms with van der Waals surface area (Å²) >= 11 is 0. The van der Waals surface area contributed by atoms with E-state index in [4.69, 9.17) is 9.47 Å². The Hall–Kier alpha value is -3.27. The molecule has 0 atom stereocenters. The summed E-state index contributed by atoms with van der Waals surface area (Å²) < 4.78 is 11.4. The molecular formula is C26H29NO3. The minimum absolute atomic E-state index is 0.100. The summed E-state index contributed by atoms with van der Waals surface area (Å²) in [6.45, 7) is 7.35. The summed E-state index contributed by atoms with van der Waals surface area (Å²) in [4.78, 5) is 12.6. The van der Waals surface area contributed by atoms with Gasteiger partial charge in [0.1, 0.15) is 18.1 Å². The van der Waals surface area contributed by atoms with Gasteiger partial charge in [0.15, 0.2) is 0 Å². The Morgan fingerprint density at radius 1 is 0.933 bits per heavy atom. The number of rotatable bonds is 7. The first-order valence-electron chi connectivity index (χ1n) is 10.1. The summed E-state index contributed by atoms with van der Waals surface area (Å²) in [7, 11) is 1.62. The second-order valence-electron chi connectivity index (χ2n) is 8.26. The fourth-order valence-corrected chi connectivity index (χ4v) is 3.13. The molecular weight excluding hydrogens is 374 g/mol. The van der Waals surface area contributed by atoms with Gasteiger partial charge < -0.3 is 14.8 Å². The van der Waals surface area contributed by atoms with Crippen molar-refractivity contribution in [3.8, 4) is 11.5 Å². The summed E-state index contributed by atoms with van der Waals surface area (Å²) in [5, 5.41) is 2.95. The SMILES string of the molecule is COc1ccc(C(=O)NCc2ccccc2)cc1COc1ccc(C(C)(C)C)cc1. The van der Waals surface area contributed by atoms with Gasteiger partial charge in [0.25, 0.3) is 5.91 Å². The van der Waals surface area contributed by atoms with Crippen LogP contribution < -0.4 is 14.8 Å². The van der Waals surface area contributed by atoms with E-state index in [1.807, 2.05) is 48.5 Å². The molecule has 4 heteroatoms. The molecule has 0 bridgehead atoms. The molecule has 1 N–H and O–H groups in total. The smallest absolute Gasteiger partial charge is 0.251 e. The number of hydrogen-bond acceptors (Lipinski definition) is 3. The Morgan fingerprint density at radius 2 is 1.63 bits per heavy atom. The van der Waals surface area contributed by atoms with Crippen LogP contribution in [0.15, 0.2) is 72.8 Å². The Balaban J connectivity index is 1.67. The highest BCUT2D eigenvalue weighted by Crippen LogP contribution is 2.26. The van der Waals surface area contributed by atoms with Crippen LogP contribution in [0.25, 0.3) is 0 Å². The van der Waals surface area contributed by atoms with Crippen molar-refractivity contribution in [2.75, 3.05) is 7.11 Å². The van der Waals surface area contributed by atoms with Gasteiger partial charge in [0.05, 0.1) is 7.11 Å². The van der Waals surface area contributed by atoms with E-state index < -0.39 is 0 Å². The van der Waals surface area contributed by atoms with E-state index in [0.29, 0.717) is 24.5 Å². The second kappa shape index (κ2) is 9.49. The van der Waals surface area contributed by atoms with Crippen molar-refractivity contribution in [3.63, 3.8) is 0 Å². The van der Waals surface area contributed by atoms with Gasteiger partial charge in [-0.25, -0.2) is 0 Å². The fraction of sp³-hybridized carbons (Fsp3) is 0.269. The molecule has 0 aliphatic heterocycles. The molecule has 0 spiro atoms. The molecule has 3 aromatic carbocycles. The molecule has 0 fully saturated rings. The third kappa shape index (κ3) is 5.63. The second-order valence-corrected chi connectivity index (χ2v) is 8.26. The minimum Gasteiger partial charge on any atom is -0.496 e. The lowest BCUT2D eigenvalue weighted by atomic mass is 9.87. The number of amides is 1. The molecule has 0 aromatic heterocycles. The molecule has 0 aliphatic rings. The maximum atomic E-state index is 12.6. The van der Waals surface area contributed by atoms with Crippen LogP contribution >= 0.6 is 0 Å². The third-order valence-corrected chi connectivity index (χ3v) is 4.95. The molecule has 0 aliphatic carbocycles. The Labute approximate surface area is 178 Å². The van der Waals surface area contributed by atoms with Gasteiger partial charge in [-0.15, -0.1) is 0 Å². The van der Waals surface area contributed by atoms with Crippen LogP contribution in [-0.2, 0) is 18.6 Å². The zero-order valence-electron chi connectivity index (χ0n) is 18.1. The van der Waals surface area contributed by atoms with Crippen molar-refractivity contribution in [1.29, 1.82) is 0 Å². The lowest BCUT2D eigenvalue weighted by Gasteiger charge is -2.19. The minimum atomic E-state index is -0.128. The normalized spacial score (nSPS) is 11.1. The molecule has 0 heterocycles. The van der Waals surface area contributed by atoms with E-state index in [1.54, 1.807) is 19.2 Å². The van der Waals surface area contributed by atoms with Crippen molar-refractivity contribution in [1.82, 2.24) is 5.32 Å². The average Bonchev–Trinajstić information content (AvgIpc) is 2.76. The summed E-state index contributed by atoms with van der Waals surface area (Å²) in [5.41, 5.74) is 3.81. The average molecular weight is 404 g/mol. The van der Waals surface area contributed by atoms with Crippen molar-refractivity contribution >= 4 is 5.91 Å². The van der Waals surface area contributed by atoms with E-state index in [1.165, 1.54) is 5.56 Å². The molecule has 156 valence electrons. The highest BCUT2D eigenvalue weighted by atomic mass is 16.5. The fourth-order valence-electron chi connectivity index (χ4n) is 3.13. The van der Waals surface area contributed by atoms with Crippen LogP contribution in [0.3, 0.4) is 0 Å². The molecule has 3 rings (SSSR count). The molecule has 30 heavy (non-hydrogen) atoms. The largest absolute Gasteiger partial charge is 0.496 e. The topological polar surface area (TPSA) is 47.6 Å². The van der Waals surface area contributed by atoms with Gasteiger partial charge in [-0.2, -0.15) is 0 Å². The first-order valence-corrected chi connectivity index (χ1v) is 10.1. The monoisotopic (exact) mass is 403 g/mol. The molecule has 0 radical (unpaired) electrons. The van der Waals surface area contributed by atoms with Gasteiger partial charge in [-0.3, -0.25) is 4.79 Å². The van der Waals surface area contributed by atoms with Gasteiger partial charge in [-0.1, -0.05) is 63.2 Å². The van der Waals surface area contributed by atoms with Crippen LogP contribution in [-0.4, -0.2) is 13.0 Å². The van der Waals surface area contributed by atoms with Crippen molar-refractivity contribution < 1.29 is 14.3 Å². The quantitative estimate of drug-likeness (QED) is 0.566. The van der Waals surface area contributed by atoms with Crippen molar-refractivity contribution in [2.45, 2.75) is 39.3 Å². The summed E-state index contributed by atoms with van der Waals surface area (Å²) in [5.74, 6) is 1.35. The van der Waals surface area contributed by atoms with Crippen LogP contribution in [0, 0.1) is 0 Å². The third-order valence-electron chi connectivity index (χ3n) is 4.95. The highest BCUT2D eigenvalue weighted by Gasteiger charge is 2.14. The van der Waals surface area contributed by atoms with Crippen molar-refractivity contribution in [3.05, 3.63) is 95.1 Å². The Morgan fingerprint density at radius 3 is 2.27 bits per heavy atom. The zero-order chi connectivity index (χ0) is 21.6. The molecule has 0 saturated carbocycles. The number of ether oxygens (including phenoxy) is 2. The predicted octanol–water partition coefficient (Wildman–Crippen LogP) is 5.50. The van der Waals surface area contributed by atoms with Crippen LogP contribution in [0.4, 0.5) is 0 Å². The molecule has 4 nitrogen and oxygen atoms in total. The highest BCUT2D eigenvalue weighted by molar-refractivity contribution is 5.94. The summed E-state index contributed by atoms with van der Waals surface area (Å²) in [6.07, 6.45) is 0. The number of carbonyl (C=O) groups excluding carboxylic acids is 1. The van der Waals surface area contributed by atoms with Crippen LogP contribution in [0.2, 0.25) is 0 Å². The first kappa shape index (κ1) is 21.4. The van der Waals surface area contributed by atoms with Crippen molar-refractivity contribution in [2.24, 2.45) is 0 Å². The van der Waals surface area contributed by atoms with Gasteiger partial charge in [-0.05, 0) is 46.9 Å². The standard InChI is InChI=1S/C26H29NO3/c1-26(2,3)22-11-13-23(14-12-22)30-18-21-16-20(10-15-24(21)29-4)25(28)27-17-19-8-6-5-7-9-19/h5-16H,17-18H2,1-4H3,(H,27,28). The molecule has 0 saturated heterocycles. The van der Waals surface area contributed by atoms with E-state index in [2.05, 4.69) is 38.2 Å². The number of carbonyl (C=O) groups is 1. The maximum absolute atomic E-state index is 12.6. The van der Waals surface area contributed by atoms with Gasteiger partial charge in [0.2, 0.25) is 0 Å². The summed E-state index contributed by atoms with van der Waals surface area (Å²) in [6, 6.07) is 23.3. The van der Waals surface area contributed by atoms with Gasteiger partial charge >= 0.3 is 0 Å². The first-order chi connectivity index (χ1) is 14.4. The van der Waals surface area contributed by atoms with E-state index in [9.17, 15) is 4.79 Å². The number of methoxy groups -OCH3 is 1. The van der Waals surface area contributed by atoms with E-state index in [-0.39, 0.29) is 11.3 Å². The van der Waals surface area contributed by atoms with Crippen LogP contribution in [0.5, 0.6) is 11.5 Å². The predicted molar refractivity (Wildman–Crippen MR) is 120 cm³/mol. The number of nitrogens with one attached hydrogen (secondary N) is 1. The molecule has 3 aromatic rings. The maximum Gasteiger partial charge on any atom is 0.251 e. The molecule has 0 unspecified atom stereocenters. The lowest BCUT2D eigenvalue weighted by Crippen LogP contribution is -2.23.